The summed E-state index contributed by atoms with van der Waals surface area (Å²) in [5.74, 6) is -1.33. The highest BCUT2D eigenvalue weighted by molar-refractivity contribution is 7.80. The molecule has 1 aliphatic rings. The standard InChI is InChI=1S/C28H26N4O6S/c1-3-38-27(36)19-9-11-20(12-10-19)29-24(33)17-23-26(35)31(21-13-15-22(37-2)16-14-21)28(39)32(23)30-25(34)18-7-5-4-6-8-18/h4-16,23H,3,17H2,1-2H3,(H,29,33)(H,30,34). The van der Waals surface area contributed by atoms with Crippen LogP contribution < -0.4 is 20.4 Å². The number of hydrazine groups is 1. The molecule has 3 amide bonds. The number of hydrogen-bond donors (Lipinski definition) is 2. The van der Waals surface area contributed by atoms with Crippen LogP contribution in [0.25, 0.3) is 0 Å². The summed E-state index contributed by atoms with van der Waals surface area (Å²) < 4.78 is 10.2. The van der Waals surface area contributed by atoms with Crippen LogP contribution in [0.4, 0.5) is 11.4 Å². The van der Waals surface area contributed by atoms with E-state index in [4.69, 9.17) is 21.7 Å². The molecule has 1 saturated heterocycles. The summed E-state index contributed by atoms with van der Waals surface area (Å²) in [4.78, 5) is 52.6. The van der Waals surface area contributed by atoms with Crippen molar-refractivity contribution >= 4 is 52.4 Å². The van der Waals surface area contributed by atoms with Gasteiger partial charge >= 0.3 is 5.97 Å². The van der Waals surface area contributed by atoms with E-state index in [0.717, 1.165) is 0 Å². The van der Waals surface area contributed by atoms with E-state index in [1.165, 1.54) is 29.2 Å². The second kappa shape index (κ2) is 12.2. The maximum atomic E-state index is 13.6. The fourth-order valence-electron chi connectivity index (χ4n) is 3.92. The van der Waals surface area contributed by atoms with Crippen molar-refractivity contribution in [2.45, 2.75) is 19.4 Å². The number of anilines is 2. The maximum absolute atomic E-state index is 13.6. The Morgan fingerprint density at radius 2 is 1.59 bits per heavy atom. The number of carbonyl (C=O) groups is 4. The topological polar surface area (TPSA) is 117 Å². The monoisotopic (exact) mass is 546 g/mol. The van der Waals surface area contributed by atoms with Gasteiger partial charge in [-0.15, -0.1) is 0 Å². The highest BCUT2D eigenvalue weighted by Gasteiger charge is 2.45. The number of methoxy groups -OCH3 is 1. The molecule has 0 aliphatic carbocycles. The number of rotatable bonds is 9. The molecule has 1 atom stereocenters. The number of amides is 3. The van der Waals surface area contributed by atoms with E-state index in [0.29, 0.717) is 28.3 Å². The predicted octanol–water partition coefficient (Wildman–Crippen LogP) is 3.55. The third kappa shape index (κ3) is 6.21. The SMILES string of the molecule is CCOC(=O)c1ccc(NC(=O)CC2C(=O)N(c3ccc(OC)cc3)C(=S)N2NC(=O)c2ccccc2)cc1. The summed E-state index contributed by atoms with van der Waals surface area (Å²) in [5, 5.41) is 3.97. The lowest BCUT2D eigenvalue weighted by Gasteiger charge is -2.24. The van der Waals surface area contributed by atoms with Crippen LogP contribution in [-0.4, -0.2) is 53.6 Å². The van der Waals surface area contributed by atoms with Gasteiger partial charge in [-0.3, -0.25) is 24.7 Å². The second-order valence-electron chi connectivity index (χ2n) is 8.40. The Hall–Kier alpha value is -4.77. The lowest BCUT2D eigenvalue weighted by molar-refractivity contribution is -0.124. The first-order valence-electron chi connectivity index (χ1n) is 12.1. The number of nitrogens with one attached hydrogen (secondary N) is 2. The summed E-state index contributed by atoms with van der Waals surface area (Å²) in [6.07, 6.45) is -0.305. The zero-order chi connectivity index (χ0) is 27.9. The number of hydrogen-bond acceptors (Lipinski definition) is 7. The van der Waals surface area contributed by atoms with E-state index < -0.39 is 29.7 Å². The van der Waals surface area contributed by atoms with Crippen LogP contribution in [0, 0.1) is 0 Å². The van der Waals surface area contributed by atoms with Crippen LogP contribution >= 0.6 is 12.2 Å². The van der Waals surface area contributed by atoms with Crippen LogP contribution in [0.3, 0.4) is 0 Å². The molecule has 3 aromatic carbocycles. The third-order valence-corrected chi connectivity index (χ3v) is 6.24. The smallest absolute Gasteiger partial charge is 0.338 e. The summed E-state index contributed by atoms with van der Waals surface area (Å²) in [7, 11) is 1.53. The molecule has 0 radical (unpaired) electrons. The molecule has 0 aromatic heterocycles. The largest absolute Gasteiger partial charge is 0.497 e. The lowest BCUT2D eigenvalue weighted by Crippen LogP contribution is -2.49. The molecule has 4 rings (SSSR count). The second-order valence-corrected chi connectivity index (χ2v) is 8.76. The van der Waals surface area contributed by atoms with Gasteiger partial charge < -0.3 is 14.8 Å². The van der Waals surface area contributed by atoms with Gasteiger partial charge in [-0.05, 0) is 79.8 Å². The number of carbonyl (C=O) groups excluding carboxylic acids is 4. The molecule has 1 unspecified atom stereocenters. The van der Waals surface area contributed by atoms with Gasteiger partial charge in [0.2, 0.25) is 11.0 Å². The minimum Gasteiger partial charge on any atom is -0.497 e. The van der Waals surface area contributed by atoms with Crippen molar-refractivity contribution in [1.29, 1.82) is 0 Å². The Bertz CT molecular complexity index is 1380. The van der Waals surface area contributed by atoms with Gasteiger partial charge in [0.05, 0.1) is 31.4 Å². The molecule has 10 nitrogen and oxygen atoms in total. The van der Waals surface area contributed by atoms with Crippen molar-refractivity contribution in [3.63, 3.8) is 0 Å². The van der Waals surface area contributed by atoms with Crippen molar-refractivity contribution in [2.24, 2.45) is 0 Å². The molecule has 0 spiro atoms. The Morgan fingerprint density at radius 1 is 0.923 bits per heavy atom. The number of thiocarbonyl (C=S) groups is 1. The van der Waals surface area contributed by atoms with Gasteiger partial charge in [-0.25, -0.2) is 9.80 Å². The molecule has 200 valence electrons. The maximum Gasteiger partial charge on any atom is 0.338 e. The molecule has 2 N–H and O–H groups in total. The first-order valence-corrected chi connectivity index (χ1v) is 12.5. The van der Waals surface area contributed by atoms with E-state index in [2.05, 4.69) is 10.7 Å². The number of nitrogens with zero attached hydrogens (tertiary/aromatic N) is 2. The summed E-state index contributed by atoms with van der Waals surface area (Å²) >= 11 is 5.58. The molecule has 11 heteroatoms. The molecule has 0 bridgehead atoms. The molecular weight excluding hydrogens is 520 g/mol. The normalized spacial score (nSPS) is 14.7. The number of esters is 1. The average molecular weight is 547 g/mol. The van der Waals surface area contributed by atoms with E-state index in [9.17, 15) is 19.2 Å². The third-order valence-electron chi connectivity index (χ3n) is 5.86. The zero-order valence-corrected chi connectivity index (χ0v) is 22.1. The van der Waals surface area contributed by atoms with Crippen molar-refractivity contribution in [2.75, 3.05) is 23.9 Å². The van der Waals surface area contributed by atoms with Gasteiger partial charge in [-0.1, -0.05) is 18.2 Å². The van der Waals surface area contributed by atoms with Crippen LogP contribution in [0.5, 0.6) is 5.75 Å². The van der Waals surface area contributed by atoms with Gasteiger partial charge in [0.15, 0.2) is 0 Å². The van der Waals surface area contributed by atoms with Crippen molar-refractivity contribution in [1.82, 2.24) is 10.4 Å². The predicted molar refractivity (Wildman–Crippen MR) is 148 cm³/mol. The molecule has 0 saturated carbocycles. The zero-order valence-electron chi connectivity index (χ0n) is 21.2. The quantitative estimate of drug-likeness (QED) is 0.309. The van der Waals surface area contributed by atoms with Crippen LogP contribution in [0.1, 0.15) is 34.1 Å². The Balaban J connectivity index is 1.54. The fourth-order valence-corrected chi connectivity index (χ4v) is 4.29. The molecule has 1 fully saturated rings. The van der Waals surface area contributed by atoms with Gasteiger partial charge in [0.25, 0.3) is 11.8 Å². The minimum atomic E-state index is -1.11. The Kier molecular flexibility index (Phi) is 8.52. The Labute approximate surface area is 230 Å². The van der Waals surface area contributed by atoms with Gasteiger partial charge in [0, 0.05) is 11.3 Å². The van der Waals surface area contributed by atoms with Crippen molar-refractivity contribution in [3.8, 4) is 5.75 Å². The summed E-state index contributed by atoms with van der Waals surface area (Å²) in [5.41, 5.74) is 4.27. The summed E-state index contributed by atoms with van der Waals surface area (Å²) in [6.45, 7) is 1.96. The molecule has 1 aliphatic heterocycles. The highest BCUT2D eigenvalue weighted by atomic mass is 32.1. The first-order chi connectivity index (χ1) is 18.8. The van der Waals surface area contributed by atoms with E-state index in [1.54, 1.807) is 73.7 Å². The first kappa shape index (κ1) is 27.3. The minimum absolute atomic E-state index is 0.0195. The van der Waals surface area contributed by atoms with Crippen LogP contribution in [-0.2, 0) is 14.3 Å². The van der Waals surface area contributed by atoms with E-state index in [-0.39, 0.29) is 18.1 Å². The van der Waals surface area contributed by atoms with Crippen molar-refractivity contribution < 1.29 is 28.7 Å². The Morgan fingerprint density at radius 3 is 2.21 bits per heavy atom. The van der Waals surface area contributed by atoms with E-state index >= 15 is 0 Å². The number of benzene rings is 3. The molecule has 3 aromatic rings. The number of ether oxygens (including phenoxy) is 2. The van der Waals surface area contributed by atoms with Crippen LogP contribution in [0.2, 0.25) is 0 Å². The molecular formula is C28H26N4O6S. The van der Waals surface area contributed by atoms with Gasteiger partial charge in [-0.2, -0.15) is 0 Å². The van der Waals surface area contributed by atoms with Crippen LogP contribution in [0.15, 0.2) is 78.9 Å². The lowest BCUT2D eigenvalue weighted by atomic mass is 10.1. The fraction of sp³-hybridized carbons (Fsp3) is 0.179. The van der Waals surface area contributed by atoms with Gasteiger partial charge in [0.1, 0.15) is 11.8 Å². The molecule has 39 heavy (non-hydrogen) atoms. The highest BCUT2D eigenvalue weighted by Crippen LogP contribution is 2.28. The molecule has 1 heterocycles. The average Bonchev–Trinajstić information content (AvgIpc) is 3.17. The van der Waals surface area contributed by atoms with Crippen molar-refractivity contribution in [3.05, 3.63) is 90.0 Å². The van der Waals surface area contributed by atoms with E-state index in [1.807, 2.05) is 0 Å². The summed E-state index contributed by atoms with van der Waals surface area (Å²) in [6, 6.07) is 20.2.